The number of fused-ring (bicyclic) bond motifs is 1. The summed E-state index contributed by atoms with van der Waals surface area (Å²) in [5, 5.41) is 5.10. The maximum atomic E-state index is 10.1. The SMILES string of the molecule is Cn1c(-c2ccccc2)c(Cl)c2ccc(SNC3CCCCC3)cc21.O=CN1CCNCC1. The minimum absolute atomic E-state index is 0.645. The predicted octanol–water partition coefficient (Wildman–Crippen LogP) is 5.48. The smallest absolute Gasteiger partial charge is 0.209 e. The zero-order valence-electron chi connectivity index (χ0n) is 19.2. The second-order valence-electron chi connectivity index (χ2n) is 8.71. The van der Waals surface area contributed by atoms with Crippen molar-refractivity contribution >= 4 is 40.9 Å². The molecule has 1 amide bonds. The van der Waals surface area contributed by atoms with Crippen molar-refractivity contribution in [3.63, 3.8) is 0 Å². The van der Waals surface area contributed by atoms with E-state index in [1.165, 1.54) is 42.5 Å². The Balaban J connectivity index is 0.000000275. The molecular formula is C26H33ClN4OS. The van der Waals surface area contributed by atoms with E-state index in [-0.39, 0.29) is 0 Å². The molecule has 0 radical (unpaired) electrons. The van der Waals surface area contributed by atoms with Gasteiger partial charge in [-0.1, -0.05) is 67.3 Å². The zero-order valence-corrected chi connectivity index (χ0v) is 20.8. The zero-order chi connectivity index (χ0) is 23.0. The molecule has 3 aromatic rings. The molecule has 1 aliphatic heterocycles. The van der Waals surface area contributed by atoms with E-state index < -0.39 is 0 Å². The second kappa shape index (κ2) is 11.9. The predicted molar refractivity (Wildman–Crippen MR) is 140 cm³/mol. The van der Waals surface area contributed by atoms with Crippen molar-refractivity contribution in [1.29, 1.82) is 0 Å². The number of hydrogen-bond donors (Lipinski definition) is 2. The number of carbonyl (C=O) groups excluding carboxylic acids is 1. The first-order valence-electron chi connectivity index (χ1n) is 11.8. The van der Waals surface area contributed by atoms with Gasteiger partial charge in [0, 0.05) is 49.6 Å². The fraction of sp³-hybridized carbons (Fsp3) is 0.423. The van der Waals surface area contributed by atoms with E-state index in [1.54, 1.807) is 16.8 Å². The molecule has 2 aliphatic rings. The Morgan fingerprint density at radius 3 is 2.45 bits per heavy atom. The van der Waals surface area contributed by atoms with Gasteiger partial charge < -0.3 is 14.8 Å². The minimum atomic E-state index is 0.645. The molecule has 0 unspecified atom stereocenters. The number of halogens is 1. The van der Waals surface area contributed by atoms with Crippen LogP contribution in [0.15, 0.2) is 53.4 Å². The van der Waals surface area contributed by atoms with Crippen LogP contribution in [-0.4, -0.2) is 48.1 Å². The van der Waals surface area contributed by atoms with E-state index in [4.69, 9.17) is 11.6 Å². The van der Waals surface area contributed by atoms with Crippen LogP contribution in [-0.2, 0) is 11.8 Å². The summed E-state index contributed by atoms with van der Waals surface area (Å²) in [5.74, 6) is 0. The van der Waals surface area contributed by atoms with Crippen LogP contribution in [0.4, 0.5) is 0 Å². The third kappa shape index (κ3) is 6.12. The highest BCUT2D eigenvalue weighted by Crippen LogP contribution is 2.38. The minimum Gasteiger partial charge on any atom is -0.343 e. The Hall–Kier alpha value is -1.99. The first-order valence-corrected chi connectivity index (χ1v) is 13.0. The molecule has 33 heavy (non-hydrogen) atoms. The van der Waals surface area contributed by atoms with Gasteiger partial charge in [0.25, 0.3) is 0 Å². The lowest BCUT2D eigenvalue weighted by molar-refractivity contribution is -0.118. The summed E-state index contributed by atoms with van der Waals surface area (Å²) in [6.45, 7) is 3.62. The third-order valence-corrected chi connectivity index (χ3v) is 7.73. The molecule has 5 nitrogen and oxygen atoms in total. The number of nitrogens with zero attached hydrogens (tertiary/aromatic N) is 2. The highest BCUT2D eigenvalue weighted by Gasteiger charge is 2.17. The Bertz CT molecular complexity index is 1040. The van der Waals surface area contributed by atoms with Crippen molar-refractivity contribution in [2.45, 2.75) is 43.0 Å². The molecule has 0 bridgehead atoms. The van der Waals surface area contributed by atoms with Gasteiger partial charge in [-0.2, -0.15) is 0 Å². The third-order valence-electron chi connectivity index (χ3n) is 6.41. The average Bonchev–Trinajstić information content (AvgIpc) is 3.14. The molecule has 5 rings (SSSR count). The van der Waals surface area contributed by atoms with Gasteiger partial charge in [-0.25, -0.2) is 0 Å². The number of carbonyl (C=O) groups is 1. The summed E-state index contributed by atoms with van der Waals surface area (Å²) in [7, 11) is 2.10. The number of hydrogen-bond acceptors (Lipinski definition) is 4. The van der Waals surface area contributed by atoms with Crippen LogP contribution in [0, 0.1) is 0 Å². The maximum Gasteiger partial charge on any atom is 0.209 e. The van der Waals surface area contributed by atoms with Crippen LogP contribution in [0.3, 0.4) is 0 Å². The van der Waals surface area contributed by atoms with E-state index in [0.717, 1.165) is 54.3 Å². The lowest BCUT2D eigenvalue weighted by atomic mass is 9.96. The highest BCUT2D eigenvalue weighted by molar-refractivity contribution is 7.97. The van der Waals surface area contributed by atoms with E-state index in [1.807, 2.05) is 6.07 Å². The van der Waals surface area contributed by atoms with Gasteiger partial charge in [0.05, 0.1) is 16.2 Å². The van der Waals surface area contributed by atoms with E-state index in [2.05, 4.69) is 64.1 Å². The molecule has 2 fully saturated rings. The number of rotatable bonds is 5. The lowest BCUT2D eigenvalue weighted by Gasteiger charge is -2.22. The van der Waals surface area contributed by atoms with Crippen molar-refractivity contribution in [3.8, 4) is 11.3 Å². The van der Waals surface area contributed by atoms with Gasteiger partial charge >= 0.3 is 0 Å². The quantitative estimate of drug-likeness (QED) is 0.372. The van der Waals surface area contributed by atoms with Gasteiger partial charge in [0.15, 0.2) is 0 Å². The first-order chi connectivity index (χ1) is 16.2. The molecule has 7 heteroatoms. The Morgan fingerprint density at radius 2 is 1.79 bits per heavy atom. The Kier molecular flexibility index (Phi) is 8.73. The van der Waals surface area contributed by atoms with E-state index in [9.17, 15) is 4.79 Å². The fourth-order valence-electron chi connectivity index (χ4n) is 4.51. The van der Waals surface area contributed by atoms with E-state index in [0.29, 0.717) is 6.04 Å². The number of piperazine rings is 1. The van der Waals surface area contributed by atoms with Crippen LogP contribution in [0.2, 0.25) is 5.02 Å². The number of nitrogens with one attached hydrogen (secondary N) is 2. The second-order valence-corrected chi connectivity index (χ2v) is 10.0. The van der Waals surface area contributed by atoms with Crippen LogP contribution < -0.4 is 10.0 Å². The topological polar surface area (TPSA) is 49.3 Å². The molecule has 2 N–H and O–H groups in total. The highest BCUT2D eigenvalue weighted by atomic mass is 35.5. The van der Waals surface area contributed by atoms with Crippen LogP contribution in [0.5, 0.6) is 0 Å². The number of aryl methyl sites for hydroxylation is 1. The fourth-order valence-corrected chi connectivity index (χ4v) is 5.75. The molecule has 0 atom stereocenters. The Labute approximate surface area is 206 Å². The summed E-state index contributed by atoms with van der Waals surface area (Å²) < 4.78 is 5.86. The van der Waals surface area contributed by atoms with Gasteiger partial charge in [-0.05, 0) is 42.5 Å². The summed E-state index contributed by atoms with van der Waals surface area (Å²) >= 11 is 8.46. The van der Waals surface area contributed by atoms with Gasteiger partial charge in [-0.3, -0.25) is 9.52 Å². The van der Waals surface area contributed by atoms with Gasteiger partial charge in [0.1, 0.15) is 0 Å². The number of benzene rings is 2. The molecular weight excluding hydrogens is 452 g/mol. The van der Waals surface area contributed by atoms with Crippen molar-refractivity contribution in [2.24, 2.45) is 7.05 Å². The molecule has 2 heterocycles. The monoisotopic (exact) mass is 484 g/mol. The van der Waals surface area contributed by atoms with Crippen molar-refractivity contribution < 1.29 is 4.79 Å². The van der Waals surface area contributed by atoms with Crippen LogP contribution in [0.25, 0.3) is 22.2 Å². The normalized spacial score (nSPS) is 17.0. The lowest BCUT2D eigenvalue weighted by Crippen LogP contribution is -2.42. The summed E-state index contributed by atoms with van der Waals surface area (Å²) in [4.78, 5) is 13.1. The Morgan fingerprint density at radius 1 is 1.06 bits per heavy atom. The summed E-state index contributed by atoms with van der Waals surface area (Å²) in [5.41, 5.74) is 3.42. The maximum absolute atomic E-state index is 10.1. The number of aromatic nitrogens is 1. The molecule has 2 aromatic carbocycles. The summed E-state index contributed by atoms with van der Waals surface area (Å²) in [6, 6.07) is 17.6. The first kappa shape index (κ1) is 24.1. The standard InChI is InChI=1S/C21H23ClN2S.C5H10N2O/c1-24-19-14-17(25-23-16-10-6-3-7-11-16)12-13-18(19)20(22)21(24)15-8-4-2-5-9-15;8-5-7-3-1-6-2-4-7/h2,4-5,8-9,12-14,16,23H,3,6-7,10-11H2,1H3;5-6H,1-4H2. The molecule has 1 saturated carbocycles. The average molecular weight is 485 g/mol. The summed E-state index contributed by atoms with van der Waals surface area (Å²) in [6.07, 6.45) is 7.59. The van der Waals surface area contributed by atoms with Crippen LogP contribution in [0.1, 0.15) is 32.1 Å². The largest absolute Gasteiger partial charge is 0.343 e. The molecule has 176 valence electrons. The van der Waals surface area contributed by atoms with Crippen molar-refractivity contribution in [3.05, 3.63) is 53.6 Å². The van der Waals surface area contributed by atoms with Crippen molar-refractivity contribution in [1.82, 2.24) is 19.5 Å². The van der Waals surface area contributed by atoms with Gasteiger partial charge in [0.2, 0.25) is 6.41 Å². The molecule has 1 saturated heterocycles. The molecule has 1 aliphatic carbocycles. The molecule has 0 spiro atoms. The molecule has 1 aromatic heterocycles. The van der Waals surface area contributed by atoms with Crippen molar-refractivity contribution in [2.75, 3.05) is 26.2 Å². The van der Waals surface area contributed by atoms with E-state index >= 15 is 0 Å². The number of amides is 1. The van der Waals surface area contributed by atoms with Gasteiger partial charge in [-0.15, -0.1) is 0 Å². The van der Waals surface area contributed by atoms with Crippen LogP contribution >= 0.6 is 23.5 Å².